The third kappa shape index (κ3) is 3.46. The van der Waals surface area contributed by atoms with Crippen LogP contribution in [0, 0.1) is 5.92 Å². The summed E-state index contributed by atoms with van der Waals surface area (Å²) in [5.74, 6) is 1.39. The highest BCUT2D eigenvalue weighted by Gasteiger charge is 2.31. The molecule has 2 fully saturated rings. The van der Waals surface area contributed by atoms with Crippen LogP contribution in [0.2, 0.25) is 0 Å². The van der Waals surface area contributed by atoms with E-state index in [2.05, 4.69) is 25.7 Å². The first-order chi connectivity index (χ1) is 11.8. The van der Waals surface area contributed by atoms with Gasteiger partial charge in [0.1, 0.15) is 0 Å². The minimum atomic E-state index is 0.251. The summed E-state index contributed by atoms with van der Waals surface area (Å²) < 4.78 is 1.79. The molecule has 1 saturated carbocycles. The van der Waals surface area contributed by atoms with E-state index in [0.717, 1.165) is 56.8 Å². The number of nitrogens with one attached hydrogen (secondary N) is 1. The first-order valence-corrected chi connectivity index (χ1v) is 8.65. The Kier molecular flexibility index (Phi) is 4.25. The number of hydrogen-bond donors (Lipinski definition) is 1. The number of amides is 1. The fourth-order valence-electron chi connectivity index (χ4n) is 3.17. The maximum Gasteiger partial charge on any atom is 0.223 e. The van der Waals surface area contributed by atoms with Crippen molar-refractivity contribution < 1.29 is 4.79 Å². The Morgan fingerprint density at radius 3 is 2.58 bits per heavy atom. The molecular formula is C17H22N6O. The van der Waals surface area contributed by atoms with Gasteiger partial charge in [-0.25, -0.2) is 0 Å². The summed E-state index contributed by atoms with van der Waals surface area (Å²) >= 11 is 0. The molecule has 7 heteroatoms. The molecule has 1 amide bonds. The number of carbonyl (C=O) groups is 1. The van der Waals surface area contributed by atoms with Crippen molar-refractivity contribution in [2.24, 2.45) is 5.92 Å². The molecule has 4 rings (SSSR count). The zero-order valence-corrected chi connectivity index (χ0v) is 13.6. The first-order valence-electron chi connectivity index (χ1n) is 8.65. The molecule has 0 bridgehead atoms. The van der Waals surface area contributed by atoms with Crippen LogP contribution in [0.5, 0.6) is 0 Å². The van der Waals surface area contributed by atoms with Gasteiger partial charge in [-0.3, -0.25) is 9.69 Å². The molecule has 1 saturated heterocycles. The standard InChI is InChI=1S/C17H22N6O/c24-17(13-6-7-13)18-14-8-10-22(11-9-14)12-16-19-20-21-23(16)15-4-2-1-3-5-15/h1-5,13-14H,6-12H2,(H,18,24). The van der Waals surface area contributed by atoms with Crippen molar-refractivity contribution in [3.63, 3.8) is 0 Å². The number of piperidine rings is 1. The molecule has 1 aromatic carbocycles. The molecule has 2 heterocycles. The SMILES string of the molecule is O=C(NC1CCN(Cc2nnnn2-c2ccccc2)CC1)C1CC1. The Hall–Kier alpha value is -2.28. The average molecular weight is 326 g/mol. The molecular weight excluding hydrogens is 304 g/mol. The van der Waals surface area contributed by atoms with E-state index in [1.807, 2.05) is 30.3 Å². The second kappa shape index (κ2) is 6.68. The Bertz CT molecular complexity index is 688. The molecule has 0 radical (unpaired) electrons. The number of rotatable bonds is 5. The van der Waals surface area contributed by atoms with Gasteiger partial charge in [0.25, 0.3) is 0 Å². The molecule has 1 aliphatic heterocycles. The minimum absolute atomic E-state index is 0.251. The quantitative estimate of drug-likeness (QED) is 0.892. The van der Waals surface area contributed by atoms with Gasteiger partial charge in [-0.1, -0.05) is 18.2 Å². The molecule has 24 heavy (non-hydrogen) atoms. The third-order valence-electron chi connectivity index (χ3n) is 4.78. The first kappa shape index (κ1) is 15.3. The van der Waals surface area contributed by atoms with Crippen LogP contribution < -0.4 is 5.32 Å². The van der Waals surface area contributed by atoms with Gasteiger partial charge in [0.15, 0.2) is 5.82 Å². The smallest absolute Gasteiger partial charge is 0.223 e. The lowest BCUT2D eigenvalue weighted by Gasteiger charge is -2.31. The average Bonchev–Trinajstić information content (AvgIpc) is 3.37. The third-order valence-corrected chi connectivity index (χ3v) is 4.78. The van der Waals surface area contributed by atoms with Crippen LogP contribution in [0.3, 0.4) is 0 Å². The lowest BCUT2D eigenvalue weighted by atomic mass is 10.0. The maximum absolute atomic E-state index is 11.9. The monoisotopic (exact) mass is 326 g/mol. The molecule has 2 aromatic rings. The van der Waals surface area contributed by atoms with Crippen LogP contribution in [0.25, 0.3) is 5.69 Å². The van der Waals surface area contributed by atoms with E-state index >= 15 is 0 Å². The zero-order chi connectivity index (χ0) is 16.4. The van der Waals surface area contributed by atoms with E-state index in [1.54, 1.807) is 4.68 Å². The van der Waals surface area contributed by atoms with Crippen LogP contribution in [0.15, 0.2) is 30.3 Å². The normalized spacial score (nSPS) is 19.3. The van der Waals surface area contributed by atoms with Gasteiger partial charge < -0.3 is 5.32 Å². The number of benzene rings is 1. The van der Waals surface area contributed by atoms with Gasteiger partial charge >= 0.3 is 0 Å². The fourth-order valence-corrected chi connectivity index (χ4v) is 3.17. The molecule has 0 atom stereocenters. The molecule has 0 unspecified atom stereocenters. The van der Waals surface area contributed by atoms with E-state index < -0.39 is 0 Å². The number of tetrazole rings is 1. The number of nitrogens with zero attached hydrogens (tertiary/aromatic N) is 5. The molecule has 1 N–H and O–H groups in total. The topological polar surface area (TPSA) is 75.9 Å². The van der Waals surface area contributed by atoms with E-state index in [1.165, 1.54) is 0 Å². The van der Waals surface area contributed by atoms with Gasteiger partial charge in [0, 0.05) is 25.0 Å². The Balaban J connectivity index is 1.33. The highest BCUT2D eigenvalue weighted by Crippen LogP contribution is 2.29. The lowest BCUT2D eigenvalue weighted by Crippen LogP contribution is -2.45. The van der Waals surface area contributed by atoms with Crippen LogP contribution in [0.4, 0.5) is 0 Å². The van der Waals surface area contributed by atoms with Crippen LogP contribution in [-0.2, 0) is 11.3 Å². The Morgan fingerprint density at radius 1 is 1.12 bits per heavy atom. The summed E-state index contributed by atoms with van der Waals surface area (Å²) in [4.78, 5) is 14.2. The van der Waals surface area contributed by atoms with Gasteiger partial charge in [0.05, 0.1) is 12.2 Å². The van der Waals surface area contributed by atoms with E-state index in [-0.39, 0.29) is 5.91 Å². The number of likely N-dealkylation sites (tertiary alicyclic amines) is 1. The summed E-state index contributed by atoms with van der Waals surface area (Å²) in [5, 5.41) is 15.3. The van der Waals surface area contributed by atoms with E-state index in [9.17, 15) is 4.79 Å². The highest BCUT2D eigenvalue weighted by molar-refractivity contribution is 5.81. The Labute approximate surface area is 141 Å². The molecule has 2 aliphatic rings. The maximum atomic E-state index is 11.9. The summed E-state index contributed by atoms with van der Waals surface area (Å²) in [6, 6.07) is 10.3. The molecule has 126 valence electrons. The van der Waals surface area contributed by atoms with Crippen LogP contribution >= 0.6 is 0 Å². The van der Waals surface area contributed by atoms with Gasteiger partial charge in [-0.15, -0.1) is 5.10 Å². The number of aromatic nitrogens is 4. The number of hydrogen-bond acceptors (Lipinski definition) is 5. The summed E-state index contributed by atoms with van der Waals surface area (Å²) in [6.45, 7) is 2.64. The largest absolute Gasteiger partial charge is 0.353 e. The summed E-state index contributed by atoms with van der Waals surface area (Å²) in [5.41, 5.74) is 0.976. The van der Waals surface area contributed by atoms with Crippen molar-refractivity contribution in [1.82, 2.24) is 30.4 Å². The molecule has 7 nitrogen and oxygen atoms in total. The van der Waals surface area contributed by atoms with E-state index in [4.69, 9.17) is 0 Å². The van der Waals surface area contributed by atoms with Crippen molar-refractivity contribution in [2.75, 3.05) is 13.1 Å². The van der Waals surface area contributed by atoms with Gasteiger partial charge in [-0.05, 0) is 48.2 Å². The second-order valence-electron chi connectivity index (χ2n) is 6.68. The van der Waals surface area contributed by atoms with Crippen molar-refractivity contribution in [3.8, 4) is 5.69 Å². The lowest BCUT2D eigenvalue weighted by molar-refractivity contribution is -0.123. The summed E-state index contributed by atoms with van der Waals surface area (Å²) in [6.07, 6.45) is 4.11. The van der Waals surface area contributed by atoms with Crippen molar-refractivity contribution in [2.45, 2.75) is 38.3 Å². The summed E-state index contributed by atoms with van der Waals surface area (Å²) in [7, 11) is 0. The van der Waals surface area contributed by atoms with Crippen molar-refractivity contribution >= 4 is 5.91 Å². The predicted molar refractivity (Wildman–Crippen MR) is 88.3 cm³/mol. The predicted octanol–water partition coefficient (Wildman–Crippen LogP) is 1.15. The molecule has 1 aromatic heterocycles. The van der Waals surface area contributed by atoms with Crippen LogP contribution in [-0.4, -0.2) is 50.1 Å². The van der Waals surface area contributed by atoms with Gasteiger partial charge in [0.2, 0.25) is 5.91 Å². The highest BCUT2D eigenvalue weighted by atomic mass is 16.2. The Morgan fingerprint density at radius 2 is 1.88 bits per heavy atom. The van der Waals surface area contributed by atoms with Crippen LogP contribution in [0.1, 0.15) is 31.5 Å². The number of para-hydroxylation sites is 1. The van der Waals surface area contributed by atoms with Gasteiger partial charge in [-0.2, -0.15) is 4.68 Å². The zero-order valence-electron chi connectivity index (χ0n) is 13.6. The minimum Gasteiger partial charge on any atom is -0.353 e. The fraction of sp³-hybridized carbons (Fsp3) is 0.529. The van der Waals surface area contributed by atoms with Crippen molar-refractivity contribution in [3.05, 3.63) is 36.2 Å². The molecule has 1 aliphatic carbocycles. The number of carbonyl (C=O) groups excluding carboxylic acids is 1. The second-order valence-corrected chi connectivity index (χ2v) is 6.68. The molecule has 0 spiro atoms. The van der Waals surface area contributed by atoms with Crippen molar-refractivity contribution in [1.29, 1.82) is 0 Å². The van der Waals surface area contributed by atoms with E-state index in [0.29, 0.717) is 12.0 Å².